The molecule has 0 spiro atoms. The third-order valence-electron chi connectivity index (χ3n) is 3.85. The van der Waals surface area contributed by atoms with E-state index in [1.807, 2.05) is 45.4 Å². The van der Waals surface area contributed by atoms with Crippen LogP contribution in [0.2, 0.25) is 0 Å². The van der Waals surface area contributed by atoms with Crippen LogP contribution in [0.15, 0.2) is 30.5 Å². The minimum absolute atomic E-state index is 0.172. The molecule has 1 aliphatic rings. The molecule has 1 heterocycles. The summed E-state index contributed by atoms with van der Waals surface area (Å²) >= 11 is 0. The third kappa shape index (κ3) is 3.09. The van der Waals surface area contributed by atoms with Gasteiger partial charge in [0, 0.05) is 25.4 Å². The summed E-state index contributed by atoms with van der Waals surface area (Å²) in [6.45, 7) is 7.53. The number of rotatable bonds is 2. The molecule has 2 aromatic rings. The lowest BCUT2D eigenvalue weighted by molar-refractivity contribution is -0.660. The van der Waals surface area contributed by atoms with Gasteiger partial charge in [0.15, 0.2) is 6.20 Å². The standard InChI is InChI=1S/C21H28N/c1-15-11-17-7-6-8-18(17)12-19(15)20-10-9-16(14-22(20)5)13-21(2,3)4/h9-12,14H,6-8,13H2,1-5H3/q+1/i7D2,8D2,13D2. The molecule has 0 N–H and O–H groups in total. The number of aromatic nitrogens is 1. The molecule has 116 valence electrons. The minimum atomic E-state index is -1.70. The number of pyridine rings is 1. The lowest BCUT2D eigenvalue weighted by Crippen LogP contribution is -2.32. The molecular formula is C21H28N+. The molecule has 3 rings (SSSR count). The van der Waals surface area contributed by atoms with Crippen molar-refractivity contribution in [1.82, 2.24) is 0 Å². The number of fused-ring (bicyclic) bond motifs is 1. The van der Waals surface area contributed by atoms with Crippen LogP contribution in [0.3, 0.4) is 0 Å². The second-order valence-corrected chi connectivity index (χ2v) is 7.03. The van der Waals surface area contributed by atoms with E-state index in [4.69, 9.17) is 8.22 Å². The predicted octanol–water partition coefficient (Wildman–Crippen LogP) is 4.56. The number of nitrogens with zero attached hydrogens (tertiary/aromatic N) is 1. The van der Waals surface area contributed by atoms with E-state index in [9.17, 15) is 0 Å². The molecule has 1 heteroatoms. The van der Waals surface area contributed by atoms with E-state index >= 15 is 0 Å². The quantitative estimate of drug-likeness (QED) is 0.716. The summed E-state index contributed by atoms with van der Waals surface area (Å²) in [5.41, 5.74) is 3.45. The highest BCUT2D eigenvalue weighted by Crippen LogP contribution is 2.30. The van der Waals surface area contributed by atoms with Crippen molar-refractivity contribution < 1.29 is 12.8 Å². The average Bonchev–Trinajstić information content (AvgIpc) is 2.70. The van der Waals surface area contributed by atoms with Gasteiger partial charge in [-0.3, -0.25) is 0 Å². The Bertz CT molecular complexity index is 941. The molecule has 22 heavy (non-hydrogen) atoms. The van der Waals surface area contributed by atoms with Crippen molar-refractivity contribution in [3.05, 3.63) is 52.7 Å². The molecule has 0 atom stereocenters. The zero-order chi connectivity index (χ0) is 21.3. The van der Waals surface area contributed by atoms with Gasteiger partial charge < -0.3 is 0 Å². The van der Waals surface area contributed by atoms with Crippen LogP contribution >= 0.6 is 0 Å². The number of hydrogen-bond donors (Lipinski definition) is 0. The number of hydrogen-bond acceptors (Lipinski definition) is 0. The second kappa shape index (κ2) is 5.53. The molecule has 0 saturated carbocycles. The molecule has 0 bridgehead atoms. The first kappa shape index (κ1) is 9.50. The van der Waals surface area contributed by atoms with E-state index in [1.165, 1.54) is 0 Å². The highest BCUT2D eigenvalue weighted by Gasteiger charge is 2.19. The summed E-state index contributed by atoms with van der Waals surface area (Å²) in [5, 5.41) is 0. The van der Waals surface area contributed by atoms with Gasteiger partial charge in [-0.25, -0.2) is 4.57 Å². The lowest BCUT2D eigenvalue weighted by Gasteiger charge is -2.17. The summed E-state index contributed by atoms with van der Waals surface area (Å²) in [5.74, 6) is 0. The smallest absolute Gasteiger partial charge is 0.201 e. The fourth-order valence-electron chi connectivity index (χ4n) is 2.91. The van der Waals surface area contributed by atoms with E-state index < -0.39 is 24.5 Å². The van der Waals surface area contributed by atoms with Crippen LogP contribution in [0.5, 0.6) is 0 Å². The maximum atomic E-state index is 8.49. The van der Waals surface area contributed by atoms with Crippen LogP contribution in [0.25, 0.3) is 11.3 Å². The zero-order valence-electron chi connectivity index (χ0n) is 20.0. The number of benzene rings is 1. The minimum Gasteiger partial charge on any atom is -0.201 e. The summed E-state index contributed by atoms with van der Waals surface area (Å²) in [7, 11) is 1.86. The first-order chi connectivity index (χ1) is 12.6. The number of aryl methyl sites for hydroxylation is 4. The third-order valence-corrected chi connectivity index (χ3v) is 3.85. The van der Waals surface area contributed by atoms with Crippen molar-refractivity contribution in [1.29, 1.82) is 0 Å². The van der Waals surface area contributed by atoms with Crippen molar-refractivity contribution in [3.63, 3.8) is 0 Å². The predicted molar refractivity (Wildman–Crippen MR) is 93.0 cm³/mol. The van der Waals surface area contributed by atoms with Crippen molar-refractivity contribution >= 4 is 0 Å². The van der Waals surface area contributed by atoms with Gasteiger partial charge in [0.05, 0.1) is 0 Å². The highest BCUT2D eigenvalue weighted by atomic mass is 14.9. The van der Waals surface area contributed by atoms with Gasteiger partial charge in [-0.2, -0.15) is 0 Å². The molecule has 1 aromatic heterocycles. The molecule has 0 aliphatic heterocycles. The molecule has 0 amide bonds. The van der Waals surface area contributed by atoms with Crippen LogP contribution in [0.4, 0.5) is 0 Å². The molecule has 0 unspecified atom stereocenters. The van der Waals surface area contributed by atoms with E-state index in [0.717, 1.165) is 16.8 Å². The van der Waals surface area contributed by atoms with E-state index in [2.05, 4.69) is 0 Å². The zero-order valence-corrected chi connectivity index (χ0v) is 14.0. The van der Waals surface area contributed by atoms with Crippen molar-refractivity contribution in [2.45, 2.75) is 53.2 Å². The van der Waals surface area contributed by atoms with Crippen molar-refractivity contribution in [3.8, 4) is 11.3 Å². The first-order valence-corrected chi connectivity index (χ1v) is 7.74. The van der Waals surface area contributed by atoms with E-state index in [1.54, 1.807) is 24.4 Å². The first-order valence-electron chi connectivity index (χ1n) is 10.7. The van der Waals surface area contributed by atoms with Crippen LogP contribution in [0, 0.1) is 12.3 Å². The Balaban J connectivity index is 2.14. The van der Waals surface area contributed by atoms with Crippen LogP contribution < -0.4 is 4.57 Å². The van der Waals surface area contributed by atoms with Crippen LogP contribution in [-0.4, -0.2) is 0 Å². The normalized spacial score (nSPS) is 23.5. The van der Waals surface area contributed by atoms with Crippen LogP contribution in [0.1, 0.15) is 57.7 Å². The fraction of sp³-hybridized carbons (Fsp3) is 0.476. The molecule has 0 saturated heterocycles. The van der Waals surface area contributed by atoms with Crippen molar-refractivity contribution in [2.75, 3.05) is 0 Å². The van der Waals surface area contributed by atoms with Gasteiger partial charge in [-0.15, -0.1) is 0 Å². The molecule has 0 fully saturated rings. The maximum Gasteiger partial charge on any atom is 0.212 e. The lowest BCUT2D eigenvalue weighted by atomic mass is 9.88. The monoisotopic (exact) mass is 300 g/mol. The van der Waals surface area contributed by atoms with Gasteiger partial charge in [0.25, 0.3) is 0 Å². The Morgan fingerprint density at radius 1 is 1.18 bits per heavy atom. The average molecular weight is 300 g/mol. The maximum absolute atomic E-state index is 8.49. The topological polar surface area (TPSA) is 3.88 Å². The van der Waals surface area contributed by atoms with E-state index in [0.29, 0.717) is 16.7 Å². The van der Waals surface area contributed by atoms with Gasteiger partial charge in [-0.05, 0) is 66.7 Å². The Kier molecular flexibility index (Phi) is 2.39. The van der Waals surface area contributed by atoms with Gasteiger partial charge >= 0.3 is 0 Å². The van der Waals surface area contributed by atoms with Gasteiger partial charge in [0.1, 0.15) is 7.05 Å². The SMILES string of the molecule is [2H]C1([2H])CC([2H])([2H])c2cc(-c3ccc(C([2H])([2H])C(C)(C)C)c[n+]3C)c(C)cc21. The highest BCUT2D eigenvalue weighted by molar-refractivity contribution is 5.64. The Morgan fingerprint density at radius 2 is 1.86 bits per heavy atom. The van der Waals surface area contributed by atoms with Gasteiger partial charge in [-0.1, -0.05) is 26.8 Å². The summed E-state index contributed by atoms with van der Waals surface area (Å²) < 4.78 is 51.7. The Labute approximate surface area is 143 Å². The molecule has 1 aromatic carbocycles. The molecule has 1 nitrogen and oxygen atoms in total. The molecule has 0 radical (unpaired) electrons. The molecule has 1 aliphatic carbocycles. The second-order valence-electron chi connectivity index (χ2n) is 7.03. The Hall–Kier alpha value is -1.63. The summed E-state index contributed by atoms with van der Waals surface area (Å²) in [6, 6.07) is 7.19. The fourth-order valence-corrected chi connectivity index (χ4v) is 2.91. The largest absolute Gasteiger partial charge is 0.212 e. The summed E-state index contributed by atoms with van der Waals surface area (Å²) in [4.78, 5) is 0. The van der Waals surface area contributed by atoms with Crippen molar-refractivity contribution in [2.24, 2.45) is 12.5 Å². The molecular weight excluding hydrogens is 266 g/mol. The summed E-state index contributed by atoms with van der Waals surface area (Å²) in [6.07, 6.45) is -3.25. The Morgan fingerprint density at radius 3 is 2.50 bits per heavy atom. The van der Waals surface area contributed by atoms with Gasteiger partial charge in [0.2, 0.25) is 5.69 Å². The van der Waals surface area contributed by atoms with Crippen LogP contribution in [-0.2, 0) is 26.2 Å². The van der Waals surface area contributed by atoms with E-state index in [-0.39, 0.29) is 6.42 Å².